The maximum atomic E-state index is 12.8. The van der Waals surface area contributed by atoms with Crippen molar-refractivity contribution in [2.75, 3.05) is 6.61 Å². The molecular formula is C23H20F3NO2. The minimum absolute atomic E-state index is 0.0122. The van der Waals surface area contributed by atoms with E-state index in [2.05, 4.69) is 5.32 Å². The van der Waals surface area contributed by atoms with Gasteiger partial charge in [-0.2, -0.15) is 13.2 Å². The number of ether oxygens (including phenoxy) is 1. The molecule has 0 saturated carbocycles. The van der Waals surface area contributed by atoms with Crippen molar-refractivity contribution in [2.24, 2.45) is 0 Å². The van der Waals surface area contributed by atoms with Crippen LogP contribution in [-0.2, 0) is 11.0 Å². The fourth-order valence-corrected chi connectivity index (χ4v) is 2.97. The summed E-state index contributed by atoms with van der Waals surface area (Å²) in [6.45, 7) is 1.57. The highest BCUT2D eigenvalue weighted by molar-refractivity contribution is 5.78. The third-order valence-corrected chi connectivity index (χ3v) is 4.34. The number of nitrogens with one attached hydrogen (secondary N) is 1. The van der Waals surface area contributed by atoms with E-state index >= 15 is 0 Å². The Labute approximate surface area is 167 Å². The monoisotopic (exact) mass is 399 g/mol. The number of benzene rings is 3. The zero-order chi connectivity index (χ0) is 20.9. The summed E-state index contributed by atoms with van der Waals surface area (Å²) in [7, 11) is 0. The molecule has 3 nitrogen and oxygen atoms in total. The summed E-state index contributed by atoms with van der Waals surface area (Å²) in [5, 5.41) is 2.91. The van der Waals surface area contributed by atoms with Gasteiger partial charge in [0.25, 0.3) is 5.91 Å². The van der Waals surface area contributed by atoms with Gasteiger partial charge in [-0.05, 0) is 36.2 Å². The maximum Gasteiger partial charge on any atom is 0.416 e. The van der Waals surface area contributed by atoms with E-state index in [0.29, 0.717) is 0 Å². The van der Waals surface area contributed by atoms with Crippen LogP contribution >= 0.6 is 0 Å². The lowest BCUT2D eigenvalue weighted by atomic mass is 9.97. The van der Waals surface area contributed by atoms with E-state index in [1.54, 1.807) is 0 Å². The highest BCUT2D eigenvalue weighted by atomic mass is 19.4. The molecule has 3 aromatic carbocycles. The van der Waals surface area contributed by atoms with Crippen molar-refractivity contribution in [1.29, 1.82) is 0 Å². The van der Waals surface area contributed by atoms with Crippen LogP contribution in [0.2, 0.25) is 0 Å². The van der Waals surface area contributed by atoms with E-state index in [1.165, 1.54) is 12.1 Å². The molecule has 0 aliphatic heterocycles. The highest BCUT2D eigenvalue weighted by Gasteiger charge is 2.30. The third-order valence-electron chi connectivity index (χ3n) is 4.34. The Morgan fingerprint density at radius 2 is 1.62 bits per heavy atom. The van der Waals surface area contributed by atoms with Crippen LogP contribution in [0.5, 0.6) is 5.75 Å². The van der Waals surface area contributed by atoms with E-state index in [1.807, 2.05) is 61.5 Å². The van der Waals surface area contributed by atoms with Crippen LogP contribution in [0.3, 0.4) is 0 Å². The predicted molar refractivity (Wildman–Crippen MR) is 105 cm³/mol. The standard InChI is InChI=1S/C23H20F3NO2/c1-16-7-5-10-18(13-16)22(17-8-3-2-4-9-17)27-21(28)15-29-20-12-6-11-19(14-20)23(24,25)26/h2-14,22H,15H2,1H3,(H,27,28)/t22-/m1/s1. The number of rotatable bonds is 6. The number of hydrogen-bond donors (Lipinski definition) is 1. The van der Waals surface area contributed by atoms with Gasteiger partial charge in [-0.15, -0.1) is 0 Å². The lowest BCUT2D eigenvalue weighted by Gasteiger charge is -2.20. The number of carbonyl (C=O) groups is 1. The molecule has 0 fully saturated rings. The molecule has 1 atom stereocenters. The Morgan fingerprint density at radius 3 is 2.31 bits per heavy atom. The second-order valence-electron chi connectivity index (χ2n) is 6.64. The number of hydrogen-bond acceptors (Lipinski definition) is 2. The van der Waals surface area contributed by atoms with Crippen LogP contribution in [0, 0.1) is 6.92 Å². The van der Waals surface area contributed by atoms with Crippen molar-refractivity contribution in [3.8, 4) is 5.75 Å². The summed E-state index contributed by atoms with van der Waals surface area (Å²) >= 11 is 0. The fraction of sp³-hybridized carbons (Fsp3) is 0.174. The summed E-state index contributed by atoms with van der Waals surface area (Å²) in [5.74, 6) is -0.445. The normalized spacial score (nSPS) is 12.3. The van der Waals surface area contributed by atoms with Crippen molar-refractivity contribution in [1.82, 2.24) is 5.32 Å². The first-order valence-electron chi connectivity index (χ1n) is 9.04. The van der Waals surface area contributed by atoms with Crippen molar-refractivity contribution in [3.05, 3.63) is 101 Å². The fourth-order valence-electron chi connectivity index (χ4n) is 2.97. The highest BCUT2D eigenvalue weighted by Crippen LogP contribution is 2.31. The van der Waals surface area contributed by atoms with Gasteiger partial charge in [0.15, 0.2) is 6.61 Å². The molecule has 29 heavy (non-hydrogen) atoms. The topological polar surface area (TPSA) is 38.3 Å². The van der Waals surface area contributed by atoms with Crippen molar-refractivity contribution >= 4 is 5.91 Å². The van der Waals surface area contributed by atoms with Gasteiger partial charge in [-0.1, -0.05) is 66.2 Å². The zero-order valence-corrected chi connectivity index (χ0v) is 15.7. The lowest BCUT2D eigenvalue weighted by Crippen LogP contribution is -2.33. The van der Waals surface area contributed by atoms with Gasteiger partial charge < -0.3 is 10.1 Å². The van der Waals surface area contributed by atoms with Gasteiger partial charge in [0.1, 0.15) is 5.75 Å². The van der Waals surface area contributed by atoms with Crippen molar-refractivity contribution in [3.63, 3.8) is 0 Å². The molecule has 3 aromatic rings. The van der Waals surface area contributed by atoms with Gasteiger partial charge in [-0.25, -0.2) is 0 Å². The van der Waals surface area contributed by atoms with E-state index in [0.717, 1.165) is 28.8 Å². The number of halogens is 3. The molecule has 0 radical (unpaired) electrons. The molecule has 0 aliphatic carbocycles. The molecule has 0 aromatic heterocycles. The molecule has 0 unspecified atom stereocenters. The molecule has 0 spiro atoms. The van der Waals surface area contributed by atoms with Crippen molar-refractivity contribution in [2.45, 2.75) is 19.1 Å². The van der Waals surface area contributed by atoms with Crippen LogP contribution in [-0.4, -0.2) is 12.5 Å². The summed E-state index contributed by atoms with van der Waals surface area (Å²) in [6.07, 6.45) is -4.47. The summed E-state index contributed by atoms with van der Waals surface area (Å²) in [5.41, 5.74) is 2.03. The minimum atomic E-state index is -4.47. The number of carbonyl (C=O) groups excluding carboxylic acids is 1. The Bertz CT molecular complexity index is 971. The quantitative estimate of drug-likeness (QED) is 0.611. The van der Waals surface area contributed by atoms with Crippen molar-refractivity contribution < 1.29 is 22.7 Å². The number of alkyl halides is 3. The van der Waals surface area contributed by atoms with Gasteiger partial charge in [0.05, 0.1) is 11.6 Å². The van der Waals surface area contributed by atoms with Gasteiger partial charge >= 0.3 is 6.18 Å². The molecule has 1 N–H and O–H groups in total. The average molecular weight is 399 g/mol. The van der Waals surface area contributed by atoms with Crippen LogP contribution < -0.4 is 10.1 Å². The second-order valence-corrected chi connectivity index (χ2v) is 6.64. The molecular weight excluding hydrogens is 379 g/mol. The Morgan fingerprint density at radius 1 is 0.931 bits per heavy atom. The second kappa shape index (κ2) is 8.82. The first-order valence-corrected chi connectivity index (χ1v) is 9.04. The number of amides is 1. The number of aryl methyl sites for hydroxylation is 1. The predicted octanol–water partition coefficient (Wildman–Crippen LogP) is 5.30. The molecule has 1 amide bonds. The van der Waals surface area contributed by atoms with Crippen LogP contribution in [0.15, 0.2) is 78.9 Å². The van der Waals surface area contributed by atoms with Crippen LogP contribution in [0.1, 0.15) is 28.3 Å². The minimum Gasteiger partial charge on any atom is -0.484 e. The molecule has 6 heteroatoms. The summed E-state index contributed by atoms with van der Waals surface area (Å²) < 4.78 is 43.7. The molecule has 3 rings (SSSR count). The molecule has 150 valence electrons. The van der Waals surface area contributed by atoms with E-state index in [-0.39, 0.29) is 5.75 Å². The largest absolute Gasteiger partial charge is 0.484 e. The van der Waals surface area contributed by atoms with E-state index in [9.17, 15) is 18.0 Å². The molecule has 0 heterocycles. The van der Waals surface area contributed by atoms with E-state index < -0.39 is 30.3 Å². The smallest absolute Gasteiger partial charge is 0.416 e. The Kier molecular flexibility index (Phi) is 6.22. The maximum absolute atomic E-state index is 12.8. The first-order chi connectivity index (χ1) is 13.8. The molecule has 0 aliphatic rings. The first kappa shape index (κ1) is 20.5. The third kappa shape index (κ3) is 5.60. The molecule has 0 saturated heterocycles. The Hall–Kier alpha value is -3.28. The Balaban J connectivity index is 1.73. The van der Waals surface area contributed by atoms with Gasteiger partial charge in [0, 0.05) is 0 Å². The van der Waals surface area contributed by atoms with Crippen LogP contribution in [0.25, 0.3) is 0 Å². The van der Waals surface area contributed by atoms with Gasteiger partial charge in [0.2, 0.25) is 0 Å². The van der Waals surface area contributed by atoms with Gasteiger partial charge in [-0.3, -0.25) is 4.79 Å². The average Bonchev–Trinajstić information content (AvgIpc) is 2.71. The van der Waals surface area contributed by atoms with Crippen LogP contribution in [0.4, 0.5) is 13.2 Å². The lowest BCUT2D eigenvalue weighted by molar-refractivity contribution is -0.137. The molecule has 0 bridgehead atoms. The summed E-state index contributed by atoms with van der Waals surface area (Å²) in [6, 6.07) is 21.3. The summed E-state index contributed by atoms with van der Waals surface area (Å²) in [4.78, 5) is 12.5. The van der Waals surface area contributed by atoms with E-state index in [4.69, 9.17) is 4.74 Å². The zero-order valence-electron chi connectivity index (χ0n) is 15.7. The SMILES string of the molecule is Cc1cccc([C@H](NC(=O)COc2cccc(C(F)(F)F)c2)c2ccccc2)c1.